The molecule has 0 bridgehead atoms. The molecule has 21 heavy (non-hydrogen) atoms. The number of nitrogens with two attached hydrogens (primary N) is 1. The molecule has 6 heteroatoms. The van der Waals surface area contributed by atoms with Gasteiger partial charge in [-0.1, -0.05) is 32.9 Å². The molecule has 0 aliphatic rings. The molecular weight excluding hydrogens is 273 g/mol. The Morgan fingerprint density at radius 2 is 2.10 bits per heavy atom. The molecule has 4 N–H and O–H groups in total. The number of benzene rings is 1. The summed E-state index contributed by atoms with van der Waals surface area (Å²) in [5, 5.41) is 13.9. The quantitative estimate of drug-likeness (QED) is 0.345. The highest BCUT2D eigenvalue weighted by Crippen LogP contribution is 2.28. The second-order valence-electron chi connectivity index (χ2n) is 6.20. The van der Waals surface area contributed by atoms with E-state index in [1.165, 1.54) is 12.1 Å². The number of carbonyl (C=O) groups is 1. The zero-order valence-corrected chi connectivity index (χ0v) is 12.8. The van der Waals surface area contributed by atoms with Crippen molar-refractivity contribution >= 4 is 17.4 Å². The predicted octanol–water partition coefficient (Wildman–Crippen LogP) is 2.93. The lowest BCUT2D eigenvalue weighted by molar-refractivity contribution is -0.117. The van der Waals surface area contributed by atoms with Crippen molar-refractivity contribution in [1.82, 2.24) is 0 Å². The van der Waals surface area contributed by atoms with Crippen LogP contribution in [0.2, 0.25) is 0 Å². The standard InChI is InChI=1S/C15H22FN3O2/c1-9(15(2,3)4)7-13(20)18-12-6-5-10(8-11(12)16)14(17)19-21/h5-6,8-9,21H,7H2,1-4H3,(H2,17,19)(H,18,20). The minimum atomic E-state index is -0.629. The van der Waals surface area contributed by atoms with E-state index in [0.29, 0.717) is 6.42 Å². The molecule has 1 unspecified atom stereocenters. The Bertz CT molecular complexity index is 550. The number of carbonyl (C=O) groups excluding carboxylic acids is 1. The monoisotopic (exact) mass is 295 g/mol. The third kappa shape index (κ3) is 4.73. The lowest BCUT2D eigenvalue weighted by Gasteiger charge is -2.26. The zero-order chi connectivity index (χ0) is 16.2. The van der Waals surface area contributed by atoms with Crippen molar-refractivity contribution < 1.29 is 14.4 Å². The number of hydrogen-bond acceptors (Lipinski definition) is 3. The van der Waals surface area contributed by atoms with Crippen molar-refractivity contribution in [1.29, 1.82) is 0 Å². The predicted molar refractivity (Wildman–Crippen MR) is 80.8 cm³/mol. The molecule has 1 amide bonds. The average molecular weight is 295 g/mol. The SMILES string of the molecule is CC(CC(=O)Nc1ccc(/C(N)=N/O)cc1F)C(C)(C)C. The Morgan fingerprint density at radius 1 is 1.48 bits per heavy atom. The van der Waals surface area contributed by atoms with Crippen molar-refractivity contribution in [2.75, 3.05) is 5.32 Å². The van der Waals surface area contributed by atoms with Crippen LogP contribution in [0.3, 0.4) is 0 Å². The summed E-state index contributed by atoms with van der Waals surface area (Å²) in [5.41, 5.74) is 5.71. The largest absolute Gasteiger partial charge is 0.409 e. The maximum absolute atomic E-state index is 13.9. The van der Waals surface area contributed by atoms with Crippen LogP contribution in [0.5, 0.6) is 0 Å². The van der Waals surface area contributed by atoms with Crippen LogP contribution < -0.4 is 11.1 Å². The Morgan fingerprint density at radius 3 is 2.57 bits per heavy atom. The van der Waals surface area contributed by atoms with E-state index in [2.05, 4.69) is 31.2 Å². The van der Waals surface area contributed by atoms with E-state index < -0.39 is 5.82 Å². The Hall–Kier alpha value is -2.11. The highest BCUT2D eigenvalue weighted by Gasteiger charge is 2.23. The van der Waals surface area contributed by atoms with E-state index in [9.17, 15) is 9.18 Å². The number of nitrogens with one attached hydrogen (secondary N) is 1. The molecule has 1 rings (SSSR count). The highest BCUT2D eigenvalue weighted by atomic mass is 19.1. The van der Waals surface area contributed by atoms with Gasteiger partial charge in [-0.3, -0.25) is 4.79 Å². The van der Waals surface area contributed by atoms with Crippen LogP contribution in [0.15, 0.2) is 23.4 Å². The van der Waals surface area contributed by atoms with Crippen LogP contribution in [-0.2, 0) is 4.79 Å². The maximum atomic E-state index is 13.9. The molecule has 0 radical (unpaired) electrons. The van der Waals surface area contributed by atoms with E-state index >= 15 is 0 Å². The van der Waals surface area contributed by atoms with E-state index in [-0.39, 0.29) is 34.3 Å². The van der Waals surface area contributed by atoms with Crippen molar-refractivity contribution in [3.63, 3.8) is 0 Å². The smallest absolute Gasteiger partial charge is 0.224 e. The average Bonchev–Trinajstić information content (AvgIpc) is 2.38. The summed E-state index contributed by atoms with van der Waals surface area (Å²) in [4.78, 5) is 11.9. The number of hydrogen-bond donors (Lipinski definition) is 3. The molecular formula is C15H22FN3O2. The maximum Gasteiger partial charge on any atom is 0.224 e. The Labute approximate surface area is 124 Å². The molecule has 0 aliphatic heterocycles. The summed E-state index contributed by atoms with van der Waals surface area (Å²) in [7, 11) is 0. The van der Waals surface area contributed by atoms with Gasteiger partial charge < -0.3 is 16.3 Å². The van der Waals surface area contributed by atoms with Gasteiger partial charge in [0.05, 0.1) is 5.69 Å². The van der Waals surface area contributed by atoms with Crippen LogP contribution in [-0.4, -0.2) is 17.0 Å². The summed E-state index contributed by atoms with van der Waals surface area (Å²) >= 11 is 0. The fourth-order valence-electron chi connectivity index (χ4n) is 1.62. The molecule has 0 spiro atoms. The number of oxime groups is 1. The van der Waals surface area contributed by atoms with Gasteiger partial charge in [0.25, 0.3) is 0 Å². The number of amidine groups is 1. The summed E-state index contributed by atoms with van der Waals surface area (Å²) in [6, 6.07) is 3.97. The molecule has 0 aliphatic carbocycles. The number of halogens is 1. The Balaban J connectivity index is 2.78. The van der Waals surface area contributed by atoms with Crippen molar-refractivity contribution in [2.24, 2.45) is 22.2 Å². The molecule has 0 aromatic heterocycles. The van der Waals surface area contributed by atoms with Gasteiger partial charge in [0.1, 0.15) is 5.82 Å². The minimum absolute atomic E-state index is 0.00574. The van der Waals surface area contributed by atoms with Crippen LogP contribution in [0, 0.1) is 17.2 Å². The first-order valence-corrected chi connectivity index (χ1v) is 6.72. The van der Waals surface area contributed by atoms with Crippen LogP contribution >= 0.6 is 0 Å². The molecule has 5 nitrogen and oxygen atoms in total. The number of nitrogens with zero attached hydrogens (tertiary/aromatic N) is 1. The lowest BCUT2D eigenvalue weighted by atomic mass is 9.80. The van der Waals surface area contributed by atoms with E-state index in [0.717, 1.165) is 6.07 Å². The molecule has 0 fully saturated rings. The third-order valence-corrected chi connectivity index (χ3v) is 3.62. The lowest BCUT2D eigenvalue weighted by Crippen LogP contribution is -2.24. The first-order chi connectivity index (χ1) is 9.65. The van der Waals surface area contributed by atoms with Gasteiger partial charge in [-0.05, 0) is 29.5 Å². The molecule has 116 valence electrons. The first kappa shape index (κ1) is 16.9. The van der Waals surface area contributed by atoms with Gasteiger partial charge in [-0.25, -0.2) is 4.39 Å². The number of anilines is 1. The number of rotatable bonds is 4. The fraction of sp³-hybridized carbons (Fsp3) is 0.467. The summed E-state index contributed by atoms with van der Waals surface area (Å²) < 4.78 is 13.9. The molecule has 0 heterocycles. The number of amides is 1. The molecule has 1 aromatic carbocycles. The zero-order valence-electron chi connectivity index (χ0n) is 12.8. The second kappa shape index (κ2) is 6.56. The van der Waals surface area contributed by atoms with Crippen molar-refractivity contribution in [2.45, 2.75) is 34.1 Å². The van der Waals surface area contributed by atoms with Crippen LogP contribution in [0.25, 0.3) is 0 Å². The van der Waals surface area contributed by atoms with Gasteiger partial charge in [-0.2, -0.15) is 0 Å². The van der Waals surface area contributed by atoms with E-state index in [1.54, 1.807) is 0 Å². The third-order valence-electron chi connectivity index (χ3n) is 3.62. The molecule has 1 atom stereocenters. The summed E-state index contributed by atoms with van der Waals surface area (Å²) in [6.45, 7) is 8.14. The molecule has 0 saturated heterocycles. The van der Waals surface area contributed by atoms with Gasteiger partial charge in [-0.15, -0.1) is 0 Å². The molecule has 1 aromatic rings. The summed E-state index contributed by atoms with van der Waals surface area (Å²) in [6.07, 6.45) is 0.310. The summed E-state index contributed by atoms with van der Waals surface area (Å²) in [5.74, 6) is -0.895. The van der Waals surface area contributed by atoms with Gasteiger partial charge in [0.2, 0.25) is 5.91 Å². The van der Waals surface area contributed by atoms with Gasteiger partial charge >= 0.3 is 0 Å². The first-order valence-electron chi connectivity index (χ1n) is 6.72. The Kier molecular flexibility index (Phi) is 5.29. The van der Waals surface area contributed by atoms with Crippen molar-refractivity contribution in [3.8, 4) is 0 Å². The second-order valence-corrected chi connectivity index (χ2v) is 6.20. The van der Waals surface area contributed by atoms with E-state index in [1.807, 2.05) is 6.92 Å². The minimum Gasteiger partial charge on any atom is -0.409 e. The fourth-order valence-corrected chi connectivity index (χ4v) is 1.62. The normalized spacial score (nSPS) is 13.9. The van der Waals surface area contributed by atoms with Crippen LogP contribution in [0.1, 0.15) is 39.7 Å². The van der Waals surface area contributed by atoms with E-state index in [4.69, 9.17) is 10.9 Å². The van der Waals surface area contributed by atoms with Crippen molar-refractivity contribution in [3.05, 3.63) is 29.6 Å². The highest BCUT2D eigenvalue weighted by molar-refractivity contribution is 5.98. The topological polar surface area (TPSA) is 87.7 Å². The van der Waals surface area contributed by atoms with Crippen LogP contribution in [0.4, 0.5) is 10.1 Å². The van der Waals surface area contributed by atoms with Gasteiger partial charge in [0.15, 0.2) is 5.84 Å². The molecule has 0 saturated carbocycles. The van der Waals surface area contributed by atoms with Gasteiger partial charge in [0, 0.05) is 12.0 Å².